The molecule has 0 aromatic heterocycles. The van der Waals surface area contributed by atoms with Crippen LogP contribution in [-0.4, -0.2) is 24.1 Å². The molecule has 1 rings (SSSR count). The molecular formula is C15H21NO4. The minimum Gasteiger partial charge on any atom is -0.496 e. The van der Waals surface area contributed by atoms with Crippen molar-refractivity contribution < 1.29 is 19.4 Å². The molecule has 110 valence electrons. The third-order valence-corrected chi connectivity index (χ3v) is 2.82. The van der Waals surface area contributed by atoms with Gasteiger partial charge in [-0.3, -0.25) is 4.79 Å². The number of rotatable bonds is 5. The number of carboxylic acids is 1. The van der Waals surface area contributed by atoms with Crippen molar-refractivity contribution in [1.82, 2.24) is 0 Å². The van der Waals surface area contributed by atoms with E-state index in [-0.39, 0.29) is 22.6 Å². The Kier molecular flexibility index (Phi) is 5.13. The van der Waals surface area contributed by atoms with Crippen LogP contribution < -0.4 is 10.1 Å². The van der Waals surface area contributed by atoms with Gasteiger partial charge in [0.1, 0.15) is 11.3 Å². The van der Waals surface area contributed by atoms with Crippen molar-refractivity contribution in [2.75, 3.05) is 12.4 Å². The van der Waals surface area contributed by atoms with E-state index in [1.165, 1.54) is 19.2 Å². The van der Waals surface area contributed by atoms with Crippen molar-refractivity contribution in [3.05, 3.63) is 23.8 Å². The molecule has 0 unspecified atom stereocenters. The van der Waals surface area contributed by atoms with Gasteiger partial charge in [0.2, 0.25) is 5.91 Å². The van der Waals surface area contributed by atoms with Gasteiger partial charge >= 0.3 is 5.97 Å². The minimum atomic E-state index is -1.06. The normalized spacial score (nSPS) is 11.0. The Morgan fingerprint density at radius 2 is 1.95 bits per heavy atom. The summed E-state index contributed by atoms with van der Waals surface area (Å²) in [4.78, 5) is 22.8. The highest BCUT2D eigenvalue weighted by Crippen LogP contribution is 2.24. The SMILES string of the molecule is COc1cc(NC(=O)CCC(C)(C)C)ccc1C(=O)O. The summed E-state index contributed by atoms with van der Waals surface area (Å²) in [5, 5.41) is 11.7. The highest BCUT2D eigenvalue weighted by molar-refractivity contribution is 5.94. The van der Waals surface area contributed by atoms with Crippen LogP contribution in [0.3, 0.4) is 0 Å². The van der Waals surface area contributed by atoms with E-state index in [1.54, 1.807) is 6.07 Å². The fraction of sp³-hybridized carbons (Fsp3) is 0.467. The Balaban J connectivity index is 2.74. The second-order valence-corrected chi connectivity index (χ2v) is 5.83. The maximum absolute atomic E-state index is 11.8. The molecule has 0 aliphatic heterocycles. The number of benzene rings is 1. The minimum absolute atomic E-state index is 0.0696. The summed E-state index contributed by atoms with van der Waals surface area (Å²) >= 11 is 0. The zero-order chi connectivity index (χ0) is 15.3. The van der Waals surface area contributed by atoms with E-state index in [0.29, 0.717) is 12.1 Å². The Bertz CT molecular complexity index is 503. The predicted molar refractivity (Wildman–Crippen MR) is 77.3 cm³/mol. The van der Waals surface area contributed by atoms with Gasteiger partial charge in [0.25, 0.3) is 0 Å². The van der Waals surface area contributed by atoms with Gasteiger partial charge in [0.15, 0.2) is 0 Å². The summed E-state index contributed by atoms with van der Waals surface area (Å²) in [7, 11) is 1.40. The van der Waals surface area contributed by atoms with Gasteiger partial charge < -0.3 is 15.2 Å². The predicted octanol–water partition coefficient (Wildman–Crippen LogP) is 3.16. The number of carboxylic acid groups (broad SMARTS) is 1. The fourth-order valence-corrected chi connectivity index (χ4v) is 1.66. The summed E-state index contributed by atoms with van der Waals surface area (Å²) in [6.07, 6.45) is 1.20. The van der Waals surface area contributed by atoms with E-state index < -0.39 is 5.97 Å². The smallest absolute Gasteiger partial charge is 0.339 e. The Morgan fingerprint density at radius 3 is 2.45 bits per heavy atom. The monoisotopic (exact) mass is 279 g/mol. The molecular weight excluding hydrogens is 258 g/mol. The first kappa shape index (κ1) is 16.0. The molecule has 1 aromatic carbocycles. The van der Waals surface area contributed by atoms with Gasteiger partial charge in [0, 0.05) is 18.2 Å². The molecule has 1 amide bonds. The van der Waals surface area contributed by atoms with Gasteiger partial charge in [-0.25, -0.2) is 4.79 Å². The van der Waals surface area contributed by atoms with Crippen LogP contribution >= 0.6 is 0 Å². The van der Waals surface area contributed by atoms with Crippen molar-refractivity contribution in [3.63, 3.8) is 0 Å². The molecule has 5 heteroatoms. The lowest BCUT2D eigenvalue weighted by molar-refractivity contribution is -0.116. The number of carbonyl (C=O) groups excluding carboxylic acids is 1. The lowest BCUT2D eigenvalue weighted by atomic mass is 9.90. The Morgan fingerprint density at radius 1 is 1.30 bits per heavy atom. The zero-order valence-corrected chi connectivity index (χ0v) is 12.3. The second kappa shape index (κ2) is 6.41. The molecule has 5 nitrogen and oxygen atoms in total. The lowest BCUT2D eigenvalue weighted by Gasteiger charge is -2.17. The lowest BCUT2D eigenvalue weighted by Crippen LogP contribution is -2.15. The third-order valence-electron chi connectivity index (χ3n) is 2.82. The maximum Gasteiger partial charge on any atom is 0.339 e. The Hall–Kier alpha value is -2.04. The van der Waals surface area contributed by atoms with Crippen LogP contribution in [0, 0.1) is 5.41 Å². The van der Waals surface area contributed by atoms with Crippen molar-refractivity contribution in [2.24, 2.45) is 5.41 Å². The van der Waals surface area contributed by atoms with E-state index in [4.69, 9.17) is 9.84 Å². The van der Waals surface area contributed by atoms with Crippen molar-refractivity contribution in [2.45, 2.75) is 33.6 Å². The van der Waals surface area contributed by atoms with E-state index in [9.17, 15) is 9.59 Å². The third kappa shape index (κ3) is 4.91. The molecule has 0 heterocycles. The summed E-state index contributed by atoms with van der Waals surface area (Å²) in [5.41, 5.74) is 0.702. The topological polar surface area (TPSA) is 75.6 Å². The molecule has 0 saturated heterocycles. The first-order chi connectivity index (χ1) is 9.23. The standard InChI is InChI=1S/C15H21NO4/c1-15(2,3)8-7-13(17)16-10-5-6-11(14(18)19)12(9-10)20-4/h5-6,9H,7-8H2,1-4H3,(H,16,17)(H,18,19). The van der Waals surface area contributed by atoms with Crippen molar-refractivity contribution in [1.29, 1.82) is 0 Å². The van der Waals surface area contributed by atoms with E-state index >= 15 is 0 Å². The van der Waals surface area contributed by atoms with Crippen LogP contribution in [0.4, 0.5) is 5.69 Å². The number of methoxy groups -OCH3 is 1. The zero-order valence-electron chi connectivity index (χ0n) is 12.3. The molecule has 0 spiro atoms. The van der Waals surface area contributed by atoms with Crippen LogP contribution in [0.2, 0.25) is 0 Å². The molecule has 20 heavy (non-hydrogen) atoms. The number of amides is 1. The quantitative estimate of drug-likeness (QED) is 0.868. The second-order valence-electron chi connectivity index (χ2n) is 5.83. The highest BCUT2D eigenvalue weighted by Gasteiger charge is 2.15. The molecule has 0 radical (unpaired) electrons. The van der Waals surface area contributed by atoms with Gasteiger partial charge in [0.05, 0.1) is 7.11 Å². The molecule has 0 saturated carbocycles. The summed E-state index contributed by atoms with van der Waals surface area (Å²) in [5.74, 6) is -0.927. The van der Waals surface area contributed by atoms with Gasteiger partial charge in [-0.2, -0.15) is 0 Å². The average Bonchev–Trinajstić information content (AvgIpc) is 2.35. The van der Waals surface area contributed by atoms with Crippen LogP contribution in [0.25, 0.3) is 0 Å². The largest absolute Gasteiger partial charge is 0.496 e. The number of nitrogens with one attached hydrogen (secondary N) is 1. The number of carbonyl (C=O) groups is 2. The summed E-state index contributed by atoms with van der Waals surface area (Å²) in [6, 6.07) is 4.49. The molecule has 1 aromatic rings. The van der Waals surface area contributed by atoms with E-state index in [2.05, 4.69) is 26.1 Å². The number of aromatic carboxylic acids is 1. The average molecular weight is 279 g/mol. The van der Waals surface area contributed by atoms with Crippen LogP contribution in [-0.2, 0) is 4.79 Å². The van der Waals surface area contributed by atoms with Gasteiger partial charge in [-0.1, -0.05) is 20.8 Å². The summed E-state index contributed by atoms with van der Waals surface area (Å²) < 4.78 is 5.01. The maximum atomic E-state index is 11.8. The Labute approximate surface area is 118 Å². The number of hydrogen-bond donors (Lipinski definition) is 2. The molecule has 0 fully saturated rings. The molecule has 0 aliphatic rings. The molecule has 0 bridgehead atoms. The van der Waals surface area contributed by atoms with E-state index in [1.807, 2.05) is 0 Å². The first-order valence-corrected chi connectivity index (χ1v) is 6.44. The van der Waals surface area contributed by atoms with Gasteiger partial charge in [-0.05, 0) is 24.0 Å². The van der Waals surface area contributed by atoms with Crippen molar-refractivity contribution >= 4 is 17.6 Å². The number of ether oxygens (including phenoxy) is 1. The molecule has 2 N–H and O–H groups in total. The number of hydrogen-bond acceptors (Lipinski definition) is 3. The van der Waals surface area contributed by atoms with Crippen LogP contribution in [0.1, 0.15) is 44.0 Å². The molecule has 0 aliphatic carbocycles. The highest BCUT2D eigenvalue weighted by atomic mass is 16.5. The van der Waals surface area contributed by atoms with Crippen LogP contribution in [0.15, 0.2) is 18.2 Å². The first-order valence-electron chi connectivity index (χ1n) is 6.44. The van der Waals surface area contributed by atoms with E-state index in [0.717, 1.165) is 6.42 Å². The van der Waals surface area contributed by atoms with Crippen LogP contribution in [0.5, 0.6) is 5.75 Å². The summed E-state index contributed by atoms with van der Waals surface area (Å²) in [6.45, 7) is 6.22. The van der Waals surface area contributed by atoms with Crippen molar-refractivity contribution in [3.8, 4) is 5.75 Å². The fourth-order valence-electron chi connectivity index (χ4n) is 1.66. The van der Waals surface area contributed by atoms with Gasteiger partial charge in [-0.15, -0.1) is 0 Å². The number of anilines is 1. The molecule has 0 atom stereocenters.